The van der Waals surface area contributed by atoms with Gasteiger partial charge >= 0.3 is 0 Å². The molecule has 2 heterocycles. The smallest absolute Gasteiger partial charge is 0.299 e. The molecule has 0 radical (unpaired) electrons. The minimum absolute atomic E-state index is 0.0555. The molecule has 0 aromatic carbocycles. The second-order valence-electron chi connectivity index (χ2n) is 3.78. The molecule has 2 N–H and O–H groups in total. The minimum atomic E-state index is -2.73. The quantitative estimate of drug-likeness (QED) is 0.843. The van der Waals surface area contributed by atoms with E-state index in [0.29, 0.717) is 12.2 Å². The molecular weight excluding hydrogens is 244 g/mol. The molecule has 2 aromatic rings. The molecule has 0 aliphatic rings. The van der Waals surface area contributed by atoms with Crippen molar-refractivity contribution in [3.05, 3.63) is 18.0 Å². The predicted molar refractivity (Wildman–Crippen MR) is 60.5 cm³/mol. The molecule has 18 heavy (non-hydrogen) atoms. The van der Waals surface area contributed by atoms with Crippen LogP contribution >= 0.6 is 0 Å². The Labute approximate surface area is 102 Å². The van der Waals surface area contributed by atoms with Gasteiger partial charge in [0.1, 0.15) is 5.82 Å². The van der Waals surface area contributed by atoms with Crippen LogP contribution in [-0.4, -0.2) is 37.6 Å². The lowest BCUT2D eigenvalue weighted by Crippen LogP contribution is -2.23. The number of rotatable bonds is 5. The fourth-order valence-electron chi connectivity index (χ4n) is 1.50. The van der Waals surface area contributed by atoms with E-state index in [1.54, 1.807) is 6.07 Å². The largest absolute Gasteiger partial charge is 0.394 e. The Balaban J connectivity index is 2.33. The maximum Gasteiger partial charge on any atom is 0.299 e. The topological polar surface area (TPSA) is 75.3 Å². The molecule has 2 aromatic heterocycles. The fourth-order valence-corrected chi connectivity index (χ4v) is 1.50. The molecule has 0 spiro atoms. The van der Waals surface area contributed by atoms with E-state index in [1.807, 2.05) is 6.92 Å². The van der Waals surface area contributed by atoms with E-state index in [1.165, 1.54) is 6.07 Å². The number of nitrogens with zero attached hydrogens (tertiary/aromatic N) is 4. The van der Waals surface area contributed by atoms with Gasteiger partial charge in [0.25, 0.3) is 6.43 Å². The summed E-state index contributed by atoms with van der Waals surface area (Å²) < 4.78 is 26.3. The molecule has 6 nitrogen and oxygen atoms in total. The lowest BCUT2D eigenvalue weighted by Gasteiger charge is -2.14. The molecule has 2 rings (SSSR count). The average molecular weight is 257 g/mol. The summed E-state index contributed by atoms with van der Waals surface area (Å²) in [6.07, 6.45) is -2.04. The van der Waals surface area contributed by atoms with Gasteiger partial charge in [-0.25, -0.2) is 8.78 Å². The van der Waals surface area contributed by atoms with Crippen molar-refractivity contribution in [1.29, 1.82) is 0 Å². The van der Waals surface area contributed by atoms with Gasteiger partial charge < -0.3 is 10.4 Å². The maximum absolute atomic E-state index is 12.6. The van der Waals surface area contributed by atoms with Crippen molar-refractivity contribution in [1.82, 2.24) is 19.8 Å². The normalized spacial score (nSPS) is 13.2. The van der Waals surface area contributed by atoms with E-state index in [9.17, 15) is 8.78 Å². The highest BCUT2D eigenvalue weighted by molar-refractivity contribution is 5.44. The Kier molecular flexibility index (Phi) is 3.66. The summed E-state index contributed by atoms with van der Waals surface area (Å²) in [6.45, 7) is 1.84. The van der Waals surface area contributed by atoms with E-state index in [2.05, 4.69) is 20.6 Å². The van der Waals surface area contributed by atoms with Crippen molar-refractivity contribution in [3.8, 4) is 0 Å². The van der Waals surface area contributed by atoms with E-state index in [4.69, 9.17) is 5.11 Å². The van der Waals surface area contributed by atoms with Crippen molar-refractivity contribution >= 4 is 11.5 Å². The lowest BCUT2D eigenvalue weighted by atomic mass is 10.2. The van der Waals surface area contributed by atoms with Crippen LogP contribution in [0.25, 0.3) is 5.65 Å². The summed E-state index contributed by atoms with van der Waals surface area (Å²) in [6, 6.07) is 2.98. The Morgan fingerprint density at radius 3 is 2.78 bits per heavy atom. The highest BCUT2D eigenvalue weighted by Crippen LogP contribution is 2.17. The van der Waals surface area contributed by atoms with Gasteiger partial charge in [-0.2, -0.15) is 4.52 Å². The summed E-state index contributed by atoms with van der Waals surface area (Å²) in [5, 5.41) is 23.0. The highest BCUT2D eigenvalue weighted by Gasteiger charge is 2.17. The molecular formula is C10H13F2N5O. The van der Waals surface area contributed by atoms with Crippen LogP contribution in [0.3, 0.4) is 0 Å². The number of halogens is 2. The van der Waals surface area contributed by atoms with Gasteiger partial charge in [0.05, 0.1) is 12.6 Å². The van der Waals surface area contributed by atoms with Crippen LogP contribution in [0.15, 0.2) is 12.1 Å². The molecule has 1 unspecified atom stereocenters. The number of nitrogens with one attached hydrogen (secondary N) is 1. The zero-order valence-corrected chi connectivity index (χ0v) is 9.72. The summed E-state index contributed by atoms with van der Waals surface area (Å²) in [7, 11) is 0. The Bertz CT molecular complexity index is 526. The van der Waals surface area contributed by atoms with Crippen LogP contribution in [-0.2, 0) is 0 Å². The monoisotopic (exact) mass is 257 g/mol. The van der Waals surface area contributed by atoms with Gasteiger partial charge in [-0.3, -0.25) is 0 Å². The van der Waals surface area contributed by atoms with Crippen LogP contribution < -0.4 is 5.32 Å². The Hall–Kier alpha value is -1.83. The highest BCUT2D eigenvalue weighted by atomic mass is 19.3. The molecule has 8 heteroatoms. The second-order valence-corrected chi connectivity index (χ2v) is 3.78. The molecule has 0 aliphatic carbocycles. The van der Waals surface area contributed by atoms with Crippen LogP contribution in [0, 0.1) is 0 Å². The number of fused-ring (bicyclic) bond motifs is 1. The number of aromatic nitrogens is 4. The van der Waals surface area contributed by atoms with Crippen LogP contribution in [0.5, 0.6) is 0 Å². The summed E-state index contributed by atoms with van der Waals surface area (Å²) in [4.78, 5) is 0. The number of aliphatic hydroxyl groups excluding tert-OH is 1. The third kappa shape index (κ3) is 2.37. The van der Waals surface area contributed by atoms with Crippen molar-refractivity contribution in [2.45, 2.75) is 25.8 Å². The molecule has 0 fully saturated rings. The fraction of sp³-hybridized carbons (Fsp3) is 0.500. The lowest BCUT2D eigenvalue weighted by molar-refractivity contribution is 0.137. The molecule has 0 aliphatic heterocycles. The number of hydrogen-bond donors (Lipinski definition) is 2. The van der Waals surface area contributed by atoms with Crippen molar-refractivity contribution < 1.29 is 13.9 Å². The van der Waals surface area contributed by atoms with E-state index in [-0.39, 0.29) is 18.3 Å². The van der Waals surface area contributed by atoms with Crippen LogP contribution in [0.1, 0.15) is 25.6 Å². The molecule has 0 saturated carbocycles. The molecule has 98 valence electrons. The van der Waals surface area contributed by atoms with Crippen molar-refractivity contribution in [3.63, 3.8) is 0 Å². The maximum atomic E-state index is 12.6. The zero-order chi connectivity index (χ0) is 13.1. The van der Waals surface area contributed by atoms with Gasteiger partial charge in [0.2, 0.25) is 5.82 Å². The molecule has 0 saturated heterocycles. The van der Waals surface area contributed by atoms with Crippen LogP contribution in [0.2, 0.25) is 0 Å². The van der Waals surface area contributed by atoms with Gasteiger partial charge in [0.15, 0.2) is 5.65 Å². The van der Waals surface area contributed by atoms with E-state index in [0.717, 1.165) is 4.52 Å². The summed E-state index contributed by atoms with van der Waals surface area (Å²) in [5.74, 6) is -0.101. The average Bonchev–Trinajstić information content (AvgIpc) is 2.79. The van der Waals surface area contributed by atoms with Gasteiger partial charge in [-0.15, -0.1) is 15.3 Å². The molecule has 1 atom stereocenters. The number of aliphatic hydroxyl groups is 1. The van der Waals surface area contributed by atoms with Crippen molar-refractivity contribution in [2.24, 2.45) is 0 Å². The third-order valence-corrected chi connectivity index (χ3v) is 2.55. The number of alkyl halides is 2. The SMILES string of the molecule is CCC(CO)Nc1ccc2nnc(C(F)F)n2n1. The van der Waals surface area contributed by atoms with Gasteiger partial charge in [-0.05, 0) is 18.6 Å². The van der Waals surface area contributed by atoms with Gasteiger partial charge in [-0.1, -0.05) is 6.92 Å². The first kappa shape index (κ1) is 12.6. The summed E-state index contributed by atoms with van der Waals surface area (Å²) >= 11 is 0. The third-order valence-electron chi connectivity index (χ3n) is 2.55. The van der Waals surface area contributed by atoms with Crippen LogP contribution in [0.4, 0.5) is 14.6 Å². The first-order valence-electron chi connectivity index (χ1n) is 5.53. The second kappa shape index (κ2) is 5.21. The Morgan fingerprint density at radius 1 is 1.39 bits per heavy atom. The molecule has 0 bridgehead atoms. The molecule has 0 amide bonds. The zero-order valence-electron chi connectivity index (χ0n) is 9.72. The van der Waals surface area contributed by atoms with Crippen molar-refractivity contribution in [2.75, 3.05) is 11.9 Å². The van der Waals surface area contributed by atoms with Gasteiger partial charge in [0, 0.05) is 0 Å². The predicted octanol–water partition coefficient (Wildman–Crippen LogP) is 1.24. The first-order valence-corrected chi connectivity index (χ1v) is 5.53. The summed E-state index contributed by atoms with van der Waals surface area (Å²) in [5.41, 5.74) is 0.257. The number of hydrogen-bond acceptors (Lipinski definition) is 5. The number of anilines is 1. The minimum Gasteiger partial charge on any atom is -0.394 e. The van der Waals surface area contributed by atoms with E-state index < -0.39 is 12.2 Å². The Morgan fingerprint density at radius 2 is 2.17 bits per heavy atom. The standard InChI is InChI=1S/C10H13F2N5O/c1-2-6(5-18)13-7-3-4-8-14-15-10(9(11)12)17(8)16-7/h3-4,6,9,18H,2,5H2,1H3,(H,13,16). The van der Waals surface area contributed by atoms with E-state index >= 15 is 0 Å². The first-order chi connectivity index (χ1) is 8.65.